The van der Waals surface area contributed by atoms with Gasteiger partial charge in [-0.1, -0.05) is 56.7 Å². The Morgan fingerprint density at radius 3 is 2.76 bits per heavy atom. The fourth-order valence-electron chi connectivity index (χ4n) is 4.56. The Kier molecular flexibility index (Phi) is 6.26. The summed E-state index contributed by atoms with van der Waals surface area (Å²) in [5, 5.41) is 12.8. The van der Waals surface area contributed by atoms with Crippen molar-refractivity contribution in [1.29, 1.82) is 0 Å². The zero-order chi connectivity index (χ0) is 22.8. The molecule has 0 spiro atoms. The maximum atomic E-state index is 12.8. The number of amides is 1. The van der Waals surface area contributed by atoms with Gasteiger partial charge in [0.1, 0.15) is 0 Å². The normalized spacial score (nSPS) is 21.7. The maximum absolute atomic E-state index is 12.8. The second-order valence-electron chi connectivity index (χ2n) is 8.78. The van der Waals surface area contributed by atoms with Gasteiger partial charge in [-0.25, -0.2) is 0 Å². The molecule has 1 amide bonds. The van der Waals surface area contributed by atoms with E-state index in [9.17, 15) is 4.79 Å². The molecule has 3 atom stereocenters. The number of fused-ring (bicyclic) bond motifs is 1. The molecule has 172 valence electrons. The van der Waals surface area contributed by atoms with Crippen molar-refractivity contribution in [3.8, 4) is 28.6 Å². The van der Waals surface area contributed by atoms with Gasteiger partial charge in [0.25, 0.3) is 0 Å². The first-order valence-corrected chi connectivity index (χ1v) is 12.4. The van der Waals surface area contributed by atoms with Crippen molar-refractivity contribution in [2.75, 3.05) is 12.5 Å². The summed E-state index contributed by atoms with van der Waals surface area (Å²) in [4.78, 5) is 12.8. The van der Waals surface area contributed by atoms with E-state index in [0.717, 1.165) is 23.4 Å². The number of thioether (sulfide) groups is 1. The number of benzene rings is 2. The van der Waals surface area contributed by atoms with Crippen LogP contribution >= 0.6 is 11.8 Å². The summed E-state index contributed by atoms with van der Waals surface area (Å²) in [6.07, 6.45) is 3.46. The summed E-state index contributed by atoms with van der Waals surface area (Å²) >= 11 is 1.40. The Morgan fingerprint density at radius 2 is 1.91 bits per heavy atom. The Balaban J connectivity index is 1.37. The second-order valence-corrected chi connectivity index (χ2v) is 9.72. The van der Waals surface area contributed by atoms with Crippen LogP contribution in [0.1, 0.15) is 33.1 Å². The van der Waals surface area contributed by atoms with Gasteiger partial charge in [-0.05, 0) is 48.6 Å². The van der Waals surface area contributed by atoms with Crippen LogP contribution in [0, 0.1) is 11.8 Å². The molecule has 1 aliphatic heterocycles. The van der Waals surface area contributed by atoms with Crippen molar-refractivity contribution in [2.24, 2.45) is 11.8 Å². The quantitative estimate of drug-likeness (QED) is 0.533. The third kappa shape index (κ3) is 4.57. The maximum Gasteiger partial charge on any atom is 0.231 e. The molecule has 33 heavy (non-hydrogen) atoms. The molecular formula is C25H28N4O3S. The SMILES string of the molecule is CC1CCCC(NC(=O)CSc2nnc(-c3ccc4c(c3)OCO4)n2-c2ccccc2)C1C. The molecule has 7 nitrogen and oxygen atoms in total. The van der Waals surface area contributed by atoms with E-state index in [1.807, 2.05) is 53.1 Å². The van der Waals surface area contributed by atoms with Gasteiger partial charge in [-0.3, -0.25) is 9.36 Å². The highest BCUT2D eigenvalue weighted by atomic mass is 32.2. The van der Waals surface area contributed by atoms with Crippen molar-refractivity contribution in [3.63, 3.8) is 0 Å². The van der Waals surface area contributed by atoms with Crippen molar-refractivity contribution < 1.29 is 14.3 Å². The Labute approximate surface area is 197 Å². The van der Waals surface area contributed by atoms with Crippen LogP contribution in [-0.4, -0.2) is 39.3 Å². The van der Waals surface area contributed by atoms with Gasteiger partial charge in [0.05, 0.1) is 5.75 Å². The van der Waals surface area contributed by atoms with E-state index in [1.54, 1.807) is 0 Å². The average Bonchev–Trinajstić information content (AvgIpc) is 3.47. The van der Waals surface area contributed by atoms with E-state index < -0.39 is 0 Å². The molecule has 1 fully saturated rings. The van der Waals surface area contributed by atoms with E-state index in [2.05, 4.69) is 29.4 Å². The molecule has 0 saturated heterocycles. The van der Waals surface area contributed by atoms with Gasteiger partial charge in [0, 0.05) is 17.3 Å². The molecule has 0 bridgehead atoms. The zero-order valence-electron chi connectivity index (χ0n) is 18.9. The number of hydrogen-bond donors (Lipinski definition) is 1. The Bertz CT molecular complexity index is 1130. The highest BCUT2D eigenvalue weighted by Crippen LogP contribution is 2.37. The number of para-hydroxylation sites is 1. The molecule has 1 aromatic heterocycles. The fraction of sp³-hybridized carbons (Fsp3) is 0.400. The van der Waals surface area contributed by atoms with Gasteiger partial charge in [-0.15, -0.1) is 10.2 Å². The number of carbonyl (C=O) groups is 1. The number of aromatic nitrogens is 3. The van der Waals surface area contributed by atoms with Crippen LogP contribution in [-0.2, 0) is 4.79 Å². The summed E-state index contributed by atoms with van der Waals surface area (Å²) in [6.45, 7) is 4.74. The first-order chi connectivity index (χ1) is 16.1. The standard InChI is InChI=1S/C25H28N4O3S/c1-16-7-6-10-20(17(16)2)26-23(30)14-33-25-28-27-24(29(25)19-8-4-3-5-9-19)18-11-12-21-22(13-18)32-15-31-21/h3-5,8-9,11-13,16-17,20H,6-7,10,14-15H2,1-2H3,(H,26,30). The van der Waals surface area contributed by atoms with Crippen molar-refractivity contribution in [3.05, 3.63) is 48.5 Å². The van der Waals surface area contributed by atoms with Gasteiger partial charge >= 0.3 is 0 Å². The fourth-order valence-corrected chi connectivity index (χ4v) is 5.32. The second kappa shape index (κ2) is 9.47. The molecule has 2 aromatic carbocycles. The van der Waals surface area contributed by atoms with Crippen molar-refractivity contribution >= 4 is 17.7 Å². The van der Waals surface area contributed by atoms with Crippen LogP contribution in [0.3, 0.4) is 0 Å². The van der Waals surface area contributed by atoms with Gasteiger partial charge in [0.2, 0.25) is 12.7 Å². The molecule has 5 rings (SSSR count). The first-order valence-electron chi connectivity index (χ1n) is 11.4. The van der Waals surface area contributed by atoms with Gasteiger partial charge in [0.15, 0.2) is 22.5 Å². The molecule has 3 aromatic rings. The molecule has 1 aliphatic carbocycles. The lowest BCUT2D eigenvalue weighted by molar-refractivity contribution is -0.120. The Morgan fingerprint density at radius 1 is 1.09 bits per heavy atom. The minimum Gasteiger partial charge on any atom is -0.454 e. The summed E-state index contributed by atoms with van der Waals surface area (Å²) < 4.78 is 13.0. The van der Waals surface area contributed by atoms with Crippen LogP contribution in [0.5, 0.6) is 11.5 Å². The van der Waals surface area contributed by atoms with Crippen molar-refractivity contribution in [1.82, 2.24) is 20.1 Å². The minimum atomic E-state index is 0.0400. The highest BCUT2D eigenvalue weighted by molar-refractivity contribution is 7.99. The summed E-state index contributed by atoms with van der Waals surface area (Å²) in [5.41, 5.74) is 1.81. The minimum absolute atomic E-state index is 0.0400. The van der Waals surface area contributed by atoms with Crippen LogP contribution in [0.25, 0.3) is 17.1 Å². The lowest BCUT2D eigenvalue weighted by Crippen LogP contribution is -2.44. The lowest BCUT2D eigenvalue weighted by Gasteiger charge is -2.34. The van der Waals surface area contributed by atoms with Gasteiger partial charge in [-0.2, -0.15) is 0 Å². The Hall–Kier alpha value is -3.00. The highest BCUT2D eigenvalue weighted by Gasteiger charge is 2.28. The number of ether oxygens (including phenoxy) is 2. The van der Waals surface area contributed by atoms with E-state index >= 15 is 0 Å². The monoisotopic (exact) mass is 464 g/mol. The molecule has 3 unspecified atom stereocenters. The largest absolute Gasteiger partial charge is 0.454 e. The smallest absolute Gasteiger partial charge is 0.231 e. The summed E-state index contributed by atoms with van der Waals surface area (Å²) in [6, 6.07) is 15.9. The van der Waals surface area contributed by atoms with Crippen LogP contribution in [0.15, 0.2) is 53.7 Å². The molecule has 1 N–H and O–H groups in total. The predicted octanol–water partition coefficient (Wildman–Crippen LogP) is 4.70. The zero-order valence-corrected chi connectivity index (χ0v) is 19.7. The van der Waals surface area contributed by atoms with E-state index in [4.69, 9.17) is 9.47 Å². The van der Waals surface area contributed by atoms with E-state index in [1.165, 1.54) is 24.6 Å². The predicted molar refractivity (Wildman–Crippen MR) is 128 cm³/mol. The van der Waals surface area contributed by atoms with E-state index in [-0.39, 0.29) is 18.7 Å². The number of nitrogens with zero attached hydrogens (tertiary/aromatic N) is 3. The topological polar surface area (TPSA) is 78.3 Å². The molecule has 0 radical (unpaired) electrons. The van der Waals surface area contributed by atoms with Gasteiger partial charge < -0.3 is 14.8 Å². The van der Waals surface area contributed by atoms with Crippen LogP contribution in [0.4, 0.5) is 0 Å². The molecule has 1 saturated carbocycles. The number of nitrogens with one attached hydrogen (secondary N) is 1. The molecule has 8 heteroatoms. The molecule has 2 aliphatic rings. The number of carbonyl (C=O) groups excluding carboxylic acids is 1. The summed E-state index contributed by atoms with van der Waals surface area (Å²) in [7, 11) is 0. The van der Waals surface area contributed by atoms with Crippen LogP contribution < -0.4 is 14.8 Å². The van der Waals surface area contributed by atoms with Crippen molar-refractivity contribution in [2.45, 2.75) is 44.3 Å². The number of rotatable bonds is 6. The first kappa shape index (κ1) is 21.8. The average molecular weight is 465 g/mol. The third-order valence-corrected chi connectivity index (χ3v) is 7.59. The molecule has 2 heterocycles. The lowest BCUT2D eigenvalue weighted by atomic mass is 9.78. The number of hydrogen-bond acceptors (Lipinski definition) is 6. The van der Waals surface area contributed by atoms with Crippen LogP contribution in [0.2, 0.25) is 0 Å². The van der Waals surface area contributed by atoms with E-state index in [0.29, 0.717) is 34.3 Å². The third-order valence-electron chi connectivity index (χ3n) is 6.66. The molecular weight excluding hydrogens is 436 g/mol. The summed E-state index contributed by atoms with van der Waals surface area (Å²) in [5.74, 6) is 3.58.